The molecule has 1 heterocycles. The van der Waals surface area contributed by atoms with Gasteiger partial charge in [-0.2, -0.15) is 0 Å². The molecule has 0 aromatic carbocycles. The van der Waals surface area contributed by atoms with Crippen molar-refractivity contribution in [3.05, 3.63) is 0 Å². The van der Waals surface area contributed by atoms with E-state index in [9.17, 15) is 4.79 Å². The van der Waals surface area contributed by atoms with Gasteiger partial charge in [0.05, 0.1) is 6.04 Å². The van der Waals surface area contributed by atoms with Crippen LogP contribution in [-0.2, 0) is 4.79 Å². The van der Waals surface area contributed by atoms with Crippen molar-refractivity contribution in [2.45, 2.75) is 52.5 Å². The van der Waals surface area contributed by atoms with Crippen molar-refractivity contribution in [2.24, 2.45) is 11.1 Å². The molecule has 1 fully saturated rings. The van der Waals surface area contributed by atoms with Gasteiger partial charge in [-0.15, -0.1) is 0 Å². The highest BCUT2D eigenvalue weighted by Crippen LogP contribution is 2.37. The van der Waals surface area contributed by atoms with E-state index in [1.54, 1.807) is 6.92 Å². The zero-order chi connectivity index (χ0) is 11.5. The van der Waals surface area contributed by atoms with Gasteiger partial charge < -0.3 is 10.6 Å². The van der Waals surface area contributed by atoms with E-state index in [-0.39, 0.29) is 11.9 Å². The molecule has 0 unspecified atom stereocenters. The number of carbonyl (C=O) groups is 1. The molecule has 3 nitrogen and oxygen atoms in total. The third-order valence-electron chi connectivity index (χ3n) is 4.03. The summed E-state index contributed by atoms with van der Waals surface area (Å²) in [6.45, 7) is 8.06. The molecular weight excluding hydrogens is 188 g/mol. The molecule has 2 N–H and O–H groups in total. The molecule has 0 radical (unpaired) electrons. The first-order chi connectivity index (χ1) is 7.04. The first kappa shape index (κ1) is 12.5. The zero-order valence-corrected chi connectivity index (χ0v) is 10.3. The molecule has 1 rings (SSSR count). The summed E-state index contributed by atoms with van der Waals surface area (Å²) in [5, 5.41) is 0. The van der Waals surface area contributed by atoms with Gasteiger partial charge >= 0.3 is 0 Å². The van der Waals surface area contributed by atoms with Crippen molar-refractivity contribution < 1.29 is 4.79 Å². The maximum absolute atomic E-state index is 11.7. The summed E-state index contributed by atoms with van der Waals surface area (Å²) in [5.41, 5.74) is 6.09. The number of hydrogen-bond acceptors (Lipinski definition) is 2. The SMILES string of the molecule is CCC1(CC)CCN(C(=O)[C@@H](C)N)CC1. The number of piperidine rings is 1. The molecular formula is C12H24N2O. The topological polar surface area (TPSA) is 46.3 Å². The lowest BCUT2D eigenvalue weighted by atomic mass is 9.74. The second-order valence-corrected chi connectivity index (χ2v) is 4.82. The Morgan fingerprint density at radius 1 is 1.33 bits per heavy atom. The maximum Gasteiger partial charge on any atom is 0.239 e. The van der Waals surface area contributed by atoms with Crippen LogP contribution in [-0.4, -0.2) is 29.9 Å². The number of likely N-dealkylation sites (tertiary alicyclic amines) is 1. The highest BCUT2D eigenvalue weighted by molar-refractivity contribution is 5.81. The van der Waals surface area contributed by atoms with Gasteiger partial charge in [-0.25, -0.2) is 0 Å². The highest BCUT2D eigenvalue weighted by atomic mass is 16.2. The van der Waals surface area contributed by atoms with E-state index in [2.05, 4.69) is 13.8 Å². The summed E-state index contributed by atoms with van der Waals surface area (Å²) in [6, 6.07) is -0.347. The van der Waals surface area contributed by atoms with E-state index in [0.29, 0.717) is 5.41 Å². The Balaban J connectivity index is 2.52. The van der Waals surface area contributed by atoms with Gasteiger partial charge in [-0.05, 0) is 25.2 Å². The van der Waals surface area contributed by atoms with Gasteiger partial charge in [-0.1, -0.05) is 26.7 Å². The fourth-order valence-electron chi connectivity index (χ4n) is 2.45. The molecule has 15 heavy (non-hydrogen) atoms. The molecule has 1 amide bonds. The summed E-state index contributed by atoms with van der Waals surface area (Å²) in [7, 11) is 0. The number of rotatable bonds is 3. The molecule has 0 aliphatic carbocycles. The van der Waals surface area contributed by atoms with Gasteiger partial charge in [0, 0.05) is 13.1 Å². The van der Waals surface area contributed by atoms with Crippen LogP contribution in [0.4, 0.5) is 0 Å². The second-order valence-electron chi connectivity index (χ2n) is 4.82. The van der Waals surface area contributed by atoms with Crippen molar-refractivity contribution in [1.29, 1.82) is 0 Å². The van der Waals surface area contributed by atoms with Crippen LogP contribution < -0.4 is 5.73 Å². The minimum absolute atomic E-state index is 0.107. The number of carbonyl (C=O) groups excluding carboxylic acids is 1. The third kappa shape index (κ3) is 2.71. The highest BCUT2D eigenvalue weighted by Gasteiger charge is 2.33. The lowest BCUT2D eigenvalue weighted by molar-refractivity contribution is -0.134. The summed E-state index contributed by atoms with van der Waals surface area (Å²) in [5.74, 6) is 0.107. The van der Waals surface area contributed by atoms with Crippen molar-refractivity contribution in [3.8, 4) is 0 Å². The molecule has 3 heteroatoms. The summed E-state index contributed by atoms with van der Waals surface area (Å²) >= 11 is 0. The summed E-state index contributed by atoms with van der Waals surface area (Å²) in [4.78, 5) is 13.6. The van der Waals surface area contributed by atoms with Crippen LogP contribution in [0.2, 0.25) is 0 Å². The monoisotopic (exact) mass is 212 g/mol. The first-order valence-electron chi connectivity index (χ1n) is 6.09. The van der Waals surface area contributed by atoms with Gasteiger partial charge in [-0.3, -0.25) is 4.79 Å². The van der Waals surface area contributed by atoms with Crippen molar-refractivity contribution >= 4 is 5.91 Å². The normalized spacial score (nSPS) is 22.5. The van der Waals surface area contributed by atoms with E-state index >= 15 is 0 Å². The van der Waals surface area contributed by atoms with Crippen molar-refractivity contribution in [1.82, 2.24) is 4.90 Å². The lowest BCUT2D eigenvalue weighted by Crippen LogP contribution is -2.48. The Hall–Kier alpha value is -0.570. The predicted octanol–water partition coefficient (Wildman–Crippen LogP) is 1.76. The molecule has 1 aliphatic heterocycles. The van der Waals surface area contributed by atoms with Crippen LogP contribution in [0.1, 0.15) is 46.5 Å². The molecule has 0 aromatic rings. The molecule has 1 aliphatic rings. The van der Waals surface area contributed by atoms with Crippen LogP contribution in [0.15, 0.2) is 0 Å². The second kappa shape index (κ2) is 4.97. The van der Waals surface area contributed by atoms with E-state index in [0.717, 1.165) is 25.9 Å². The largest absolute Gasteiger partial charge is 0.341 e. The Morgan fingerprint density at radius 3 is 2.13 bits per heavy atom. The molecule has 0 saturated carbocycles. The zero-order valence-electron chi connectivity index (χ0n) is 10.3. The van der Waals surface area contributed by atoms with Gasteiger partial charge in [0.15, 0.2) is 0 Å². The first-order valence-corrected chi connectivity index (χ1v) is 6.09. The van der Waals surface area contributed by atoms with Crippen LogP contribution in [0, 0.1) is 5.41 Å². The quantitative estimate of drug-likeness (QED) is 0.775. The smallest absolute Gasteiger partial charge is 0.239 e. The minimum atomic E-state index is -0.347. The number of amides is 1. The maximum atomic E-state index is 11.7. The fourth-order valence-corrected chi connectivity index (χ4v) is 2.45. The number of nitrogens with zero attached hydrogens (tertiary/aromatic N) is 1. The van der Waals surface area contributed by atoms with Crippen LogP contribution >= 0.6 is 0 Å². The Bertz CT molecular complexity index is 212. The molecule has 0 spiro atoms. The van der Waals surface area contributed by atoms with Crippen LogP contribution in [0.5, 0.6) is 0 Å². The van der Waals surface area contributed by atoms with E-state index in [1.165, 1.54) is 12.8 Å². The van der Waals surface area contributed by atoms with Gasteiger partial charge in [0.2, 0.25) is 5.91 Å². The third-order valence-corrected chi connectivity index (χ3v) is 4.03. The predicted molar refractivity (Wildman–Crippen MR) is 62.5 cm³/mol. The summed E-state index contributed by atoms with van der Waals surface area (Å²) in [6.07, 6.45) is 4.73. The van der Waals surface area contributed by atoms with E-state index < -0.39 is 0 Å². The van der Waals surface area contributed by atoms with E-state index in [4.69, 9.17) is 5.73 Å². The Kier molecular flexibility index (Phi) is 4.14. The molecule has 1 atom stereocenters. The Morgan fingerprint density at radius 2 is 1.80 bits per heavy atom. The molecule has 0 aromatic heterocycles. The average Bonchev–Trinajstić information content (AvgIpc) is 2.28. The minimum Gasteiger partial charge on any atom is -0.341 e. The van der Waals surface area contributed by atoms with Crippen molar-refractivity contribution in [3.63, 3.8) is 0 Å². The summed E-state index contributed by atoms with van der Waals surface area (Å²) < 4.78 is 0. The van der Waals surface area contributed by atoms with Gasteiger partial charge in [0.1, 0.15) is 0 Å². The lowest BCUT2D eigenvalue weighted by Gasteiger charge is -2.41. The van der Waals surface area contributed by atoms with Crippen molar-refractivity contribution in [2.75, 3.05) is 13.1 Å². The molecule has 0 bridgehead atoms. The number of nitrogens with two attached hydrogens (primary N) is 1. The van der Waals surface area contributed by atoms with E-state index in [1.807, 2.05) is 4.90 Å². The van der Waals surface area contributed by atoms with Crippen LogP contribution in [0.3, 0.4) is 0 Å². The standard InChI is InChI=1S/C12H24N2O/c1-4-12(5-2)6-8-14(9-7-12)11(15)10(3)13/h10H,4-9,13H2,1-3H3/t10-/m1/s1. The number of hydrogen-bond donors (Lipinski definition) is 1. The Labute approximate surface area is 93.0 Å². The van der Waals surface area contributed by atoms with Crippen LogP contribution in [0.25, 0.3) is 0 Å². The molecule has 88 valence electrons. The molecule has 1 saturated heterocycles. The van der Waals surface area contributed by atoms with Gasteiger partial charge in [0.25, 0.3) is 0 Å². The fraction of sp³-hybridized carbons (Fsp3) is 0.917. The average molecular weight is 212 g/mol.